The molecule has 0 atom stereocenters. The van der Waals surface area contributed by atoms with Gasteiger partial charge in [0.15, 0.2) is 0 Å². The molecule has 0 radical (unpaired) electrons. The second-order valence-electron chi connectivity index (χ2n) is 4.26. The van der Waals surface area contributed by atoms with Gasteiger partial charge in [-0.15, -0.1) is 0 Å². The molecule has 2 rings (SSSR count). The summed E-state index contributed by atoms with van der Waals surface area (Å²) in [5.74, 6) is 0. The van der Waals surface area contributed by atoms with Crippen LogP contribution in [-0.4, -0.2) is 33.8 Å². The van der Waals surface area contributed by atoms with E-state index in [1.807, 2.05) is 26.0 Å². The van der Waals surface area contributed by atoms with Crippen molar-refractivity contribution in [2.75, 3.05) is 13.1 Å². The standard InChI is InChI=1S/C14H15Cl2N3OS/c1-3-18(4-2)14(20)19-6-5-13(17-19)21-12-8-10(15)7-11(16)9-12/h5-9H,3-4H2,1-2H3. The summed E-state index contributed by atoms with van der Waals surface area (Å²) >= 11 is 13.3. The number of hydrogen-bond acceptors (Lipinski definition) is 3. The van der Waals surface area contributed by atoms with E-state index in [4.69, 9.17) is 23.2 Å². The number of rotatable bonds is 4. The molecule has 0 saturated carbocycles. The van der Waals surface area contributed by atoms with Gasteiger partial charge in [-0.25, -0.2) is 4.79 Å². The number of carbonyl (C=O) groups is 1. The minimum absolute atomic E-state index is 0.129. The maximum atomic E-state index is 12.2. The Bertz CT molecular complexity index is 621. The van der Waals surface area contributed by atoms with Crippen molar-refractivity contribution in [3.05, 3.63) is 40.5 Å². The number of hydrogen-bond donors (Lipinski definition) is 0. The number of benzene rings is 1. The topological polar surface area (TPSA) is 38.1 Å². The van der Waals surface area contributed by atoms with Gasteiger partial charge in [0.2, 0.25) is 0 Å². The summed E-state index contributed by atoms with van der Waals surface area (Å²) in [6.45, 7) is 5.19. The van der Waals surface area contributed by atoms with Crippen molar-refractivity contribution >= 4 is 41.0 Å². The Morgan fingerprint density at radius 2 is 1.86 bits per heavy atom. The minimum atomic E-state index is -0.129. The van der Waals surface area contributed by atoms with E-state index in [2.05, 4.69) is 5.10 Å². The average Bonchev–Trinajstić information content (AvgIpc) is 2.87. The van der Waals surface area contributed by atoms with Crippen molar-refractivity contribution in [2.24, 2.45) is 0 Å². The Labute approximate surface area is 138 Å². The molecule has 1 heterocycles. The summed E-state index contributed by atoms with van der Waals surface area (Å²) in [7, 11) is 0. The Balaban J connectivity index is 2.14. The van der Waals surface area contributed by atoms with Crippen LogP contribution in [-0.2, 0) is 0 Å². The molecule has 0 fully saturated rings. The average molecular weight is 344 g/mol. The molecule has 0 N–H and O–H groups in total. The lowest BCUT2D eigenvalue weighted by atomic mass is 10.4. The zero-order valence-corrected chi connectivity index (χ0v) is 14.0. The molecule has 21 heavy (non-hydrogen) atoms. The Morgan fingerprint density at radius 1 is 1.24 bits per heavy atom. The van der Waals surface area contributed by atoms with Crippen molar-refractivity contribution < 1.29 is 4.79 Å². The molecule has 1 aromatic heterocycles. The highest BCUT2D eigenvalue weighted by molar-refractivity contribution is 7.99. The maximum Gasteiger partial charge on any atom is 0.344 e. The van der Waals surface area contributed by atoms with Crippen LogP contribution >= 0.6 is 35.0 Å². The molecule has 0 aliphatic carbocycles. The molecule has 0 saturated heterocycles. The van der Waals surface area contributed by atoms with Crippen LogP contribution in [0.3, 0.4) is 0 Å². The van der Waals surface area contributed by atoms with Gasteiger partial charge >= 0.3 is 6.03 Å². The zero-order chi connectivity index (χ0) is 15.4. The second kappa shape index (κ2) is 7.20. The second-order valence-corrected chi connectivity index (χ2v) is 6.23. The Hall–Kier alpha value is -1.17. The lowest BCUT2D eigenvalue weighted by Gasteiger charge is -2.17. The van der Waals surface area contributed by atoms with Gasteiger partial charge in [-0.1, -0.05) is 35.0 Å². The van der Waals surface area contributed by atoms with Gasteiger partial charge in [-0.3, -0.25) is 0 Å². The SMILES string of the molecule is CCN(CC)C(=O)n1ccc(Sc2cc(Cl)cc(Cl)c2)n1. The van der Waals surface area contributed by atoms with Gasteiger partial charge < -0.3 is 4.90 Å². The van der Waals surface area contributed by atoms with E-state index in [1.54, 1.807) is 23.2 Å². The lowest BCUT2D eigenvalue weighted by molar-refractivity contribution is 0.201. The van der Waals surface area contributed by atoms with E-state index in [0.29, 0.717) is 28.2 Å². The van der Waals surface area contributed by atoms with Gasteiger partial charge in [0.1, 0.15) is 5.03 Å². The highest BCUT2D eigenvalue weighted by atomic mass is 35.5. The lowest BCUT2D eigenvalue weighted by Crippen LogP contribution is -2.34. The molecule has 4 nitrogen and oxygen atoms in total. The number of carbonyl (C=O) groups excluding carboxylic acids is 1. The number of halogens is 2. The molecule has 0 aliphatic heterocycles. The summed E-state index contributed by atoms with van der Waals surface area (Å²) < 4.78 is 1.35. The Morgan fingerprint density at radius 3 is 2.43 bits per heavy atom. The molecular formula is C14H15Cl2N3OS. The van der Waals surface area contributed by atoms with E-state index in [1.165, 1.54) is 16.4 Å². The highest BCUT2D eigenvalue weighted by Gasteiger charge is 2.13. The first kappa shape index (κ1) is 16.2. The van der Waals surface area contributed by atoms with Crippen LogP contribution in [0.1, 0.15) is 13.8 Å². The summed E-state index contributed by atoms with van der Waals surface area (Å²) in [5, 5.41) is 6.15. The number of aromatic nitrogens is 2. The van der Waals surface area contributed by atoms with E-state index >= 15 is 0 Å². The van der Waals surface area contributed by atoms with Gasteiger partial charge in [0.25, 0.3) is 0 Å². The van der Waals surface area contributed by atoms with Crippen LogP contribution in [0.5, 0.6) is 0 Å². The quantitative estimate of drug-likeness (QED) is 0.810. The largest absolute Gasteiger partial charge is 0.344 e. The third kappa shape index (κ3) is 4.15. The maximum absolute atomic E-state index is 12.2. The molecule has 112 valence electrons. The predicted molar refractivity (Wildman–Crippen MR) is 86.5 cm³/mol. The summed E-state index contributed by atoms with van der Waals surface area (Å²) in [5.41, 5.74) is 0. The molecule has 1 aromatic carbocycles. The molecule has 0 spiro atoms. The number of amides is 1. The van der Waals surface area contributed by atoms with Gasteiger partial charge in [-0.05, 0) is 38.1 Å². The van der Waals surface area contributed by atoms with Crippen molar-refractivity contribution in [1.82, 2.24) is 14.7 Å². The summed E-state index contributed by atoms with van der Waals surface area (Å²) in [4.78, 5) is 14.7. The van der Waals surface area contributed by atoms with Gasteiger partial charge in [0, 0.05) is 34.2 Å². The summed E-state index contributed by atoms with van der Waals surface area (Å²) in [6.07, 6.45) is 1.66. The first-order valence-corrected chi connectivity index (χ1v) is 8.09. The molecule has 0 aliphatic rings. The van der Waals surface area contributed by atoms with Crippen molar-refractivity contribution in [3.8, 4) is 0 Å². The first-order chi connectivity index (χ1) is 10.0. The van der Waals surface area contributed by atoms with E-state index in [9.17, 15) is 4.79 Å². The zero-order valence-electron chi connectivity index (χ0n) is 11.7. The third-order valence-corrected chi connectivity index (χ3v) is 4.19. The molecule has 2 aromatic rings. The fourth-order valence-corrected chi connectivity index (χ4v) is 3.34. The Kier molecular flexibility index (Phi) is 5.56. The van der Waals surface area contributed by atoms with E-state index in [-0.39, 0.29) is 6.03 Å². The predicted octanol–water partition coefficient (Wildman–Crippen LogP) is 4.65. The number of nitrogens with zero attached hydrogens (tertiary/aromatic N) is 3. The highest BCUT2D eigenvalue weighted by Crippen LogP contribution is 2.31. The van der Waals surface area contributed by atoms with Crippen LogP contribution < -0.4 is 0 Å². The minimum Gasteiger partial charge on any atom is -0.323 e. The summed E-state index contributed by atoms with van der Waals surface area (Å²) in [6, 6.07) is 6.96. The van der Waals surface area contributed by atoms with Gasteiger partial charge in [-0.2, -0.15) is 9.78 Å². The first-order valence-electron chi connectivity index (χ1n) is 6.52. The molecule has 0 unspecified atom stereocenters. The normalized spacial score (nSPS) is 10.7. The third-order valence-electron chi connectivity index (χ3n) is 2.85. The fourth-order valence-electron chi connectivity index (χ4n) is 1.82. The van der Waals surface area contributed by atoms with E-state index in [0.717, 1.165) is 4.90 Å². The fraction of sp³-hybridized carbons (Fsp3) is 0.286. The van der Waals surface area contributed by atoms with Gasteiger partial charge in [0.05, 0.1) is 0 Å². The van der Waals surface area contributed by atoms with Crippen molar-refractivity contribution in [2.45, 2.75) is 23.8 Å². The van der Waals surface area contributed by atoms with Crippen LogP contribution in [0.2, 0.25) is 10.0 Å². The van der Waals surface area contributed by atoms with Crippen LogP contribution in [0.25, 0.3) is 0 Å². The van der Waals surface area contributed by atoms with E-state index < -0.39 is 0 Å². The smallest absolute Gasteiger partial charge is 0.323 e. The molecule has 7 heteroatoms. The molecule has 1 amide bonds. The van der Waals surface area contributed by atoms with Crippen LogP contribution in [0, 0.1) is 0 Å². The molecular weight excluding hydrogens is 329 g/mol. The monoisotopic (exact) mass is 343 g/mol. The molecule has 0 bridgehead atoms. The van der Waals surface area contributed by atoms with Crippen LogP contribution in [0.15, 0.2) is 40.4 Å². The van der Waals surface area contributed by atoms with Crippen molar-refractivity contribution in [1.29, 1.82) is 0 Å². The van der Waals surface area contributed by atoms with Crippen molar-refractivity contribution in [3.63, 3.8) is 0 Å². The van der Waals surface area contributed by atoms with Crippen LogP contribution in [0.4, 0.5) is 4.79 Å².